The lowest BCUT2D eigenvalue weighted by molar-refractivity contribution is -0.0548. The Morgan fingerprint density at radius 3 is 2.74 bits per heavy atom. The van der Waals surface area contributed by atoms with E-state index in [2.05, 4.69) is 0 Å². The van der Waals surface area contributed by atoms with Crippen molar-refractivity contribution in [3.8, 4) is 0 Å². The SMILES string of the molecule is O=C(OC[C@H]1C[C@H]2O[C@H]2[C@@H](O)[C@@H]1O)c1ccccc1. The van der Waals surface area contributed by atoms with Crippen molar-refractivity contribution in [1.82, 2.24) is 0 Å². The van der Waals surface area contributed by atoms with Crippen molar-refractivity contribution in [1.29, 1.82) is 0 Å². The van der Waals surface area contributed by atoms with Crippen molar-refractivity contribution in [2.45, 2.75) is 30.8 Å². The largest absolute Gasteiger partial charge is 0.462 e. The highest BCUT2D eigenvalue weighted by Crippen LogP contribution is 2.40. The van der Waals surface area contributed by atoms with Gasteiger partial charge < -0.3 is 19.7 Å². The summed E-state index contributed by atoms with van der Waals surface area (Å²) >= 11 is 0. The van der Waals surface area contributed by atoms with E-state index in [-0.39, 0.29) is 24.7 Å². The predicted molar refractivity (Wildman–Crippen MR) is 65.5 cm³/mol. The number of hydrogen-bond acceptors (Lipinski definition) is 5. The molecule has 1 aromatic rings. The van der Waals surface area contributed by atoms with Crippen LogP contribution in [-0.4, -0.2) is 47.2 Å². The lowest BCUT2D eigenvalue weighted by Crippen LogP contribution is -2.44. The smallest absolute Gasteiger partial charge is 0.338 e. The summed E-state index contributed by atoms with van der Waals surface area (Å²) in [6.45, 7) is 0.0958. The van der Waals surface area contributed by atoms with Gasteiger partial charge >= 0.3 is 5.97 Å². The van der Waals surface area contributed by atoms with Gasteiger partial charge in [-0.05, 0) is 18.6 Å². The molecule has 0 bridgehead atoms. The van der Waals surface area contributed by atoms with Gasteiger partial charge in [0, 0.05) is 5.92 Å². The van der Waals surface area contributed by atoms with E-state index >= 15 is 0 Å². The Morgan fingerprint density at radius 1 is 1.26 bits per heavy atom. The number of epoxide rings is 1. The fourth-order valence-electron chi connectivity index (χ4n) is 2.56. The molecule has 1 aliphatic heterocycles. The van der Waals surface area contributed by atoms with Crippen LogP contribution < -0.4 is 0 Å². The number of carbonyl (C=O) groups excluding carboxylic acids is 1. The lowest BCUT2D eigenvalue weighted by atomic mass is 9.85. The van der Waals surface area contributed by atoms with Gasteiger partial charge in [0.25, 0.3) is 0 Å². The van der Waals surface area contributed by atoms with Gasteiger partial charge in [0.1, 0.15) is 12.2 Å². The first-order valence-electron chi connectivity index (χ1n) is 6.40. The molecule has 102 valence electrons. The van der Waals surface area contributed by atoms with Crippen LogP contribution in [0, 0.1) is 5.92 Å². The molecule has 0 amide bonds. The maximum atomic E-state index is 11.8. The van der Waals surface area contributed by atoms with Crippen LogP contribution in [0.4, 0.5) is 0 Å². The van der Waals surface area contributed by atoms with Crippen LogP contribution in [0.15, 0.2) is 30.3 Å². The van der Waals surface area contributed by atoms with Gasteiger partial charge in [0.05, 0.1) is 24.4 Å². The summed E-state index contributed by atoms with van der Waals surface area (Å²) in [5.41, 5.74) is 0.480. The molecule has 3 rings (SSSR count). The highest BCUT2D eigenvalue weighted by molar-refractivity contribution is 5.89. The van der Waals surface area contributed by atoms with Crippen LogP contribution in [0.3, 0.4) is 0 Å². The van der Waals surface area contributed by atoms with Crippen LogP contribution >= 0.6 is 0 Å². The predicted octanol–water partition coefficient (Wildman–Crippen LogP) is 0.352. The molecule has 0 aromatic heterocycles. The third kappa shape index (κ3) is 2.49. The van der Waals surface area contributed by atoms with E-state index in [0.717, 1.165) is 0 Å². The van der Waals surface area contributed by atoms with E-state index in [9.17, 15) is 15.0 Å². The minimum absolute atomic E-state index is 0.00109. The zero-order valence-electron chi connectivity index (χ0n) is 10.3. The van der Waals surface area contributed by atoms with Crippen molar-refractivity contribution in [3.05, 3.63) is 35.9 Å². The Morgan fingerprint density at radius 2 is 2.00 bits per heavy atom. The van der Waals surface area contributed by atoms with Crippen molar-refractivity contribution in [3.63, 3.8) is 0 Å². The molecule has 5 atom stereocenters. The second-order valence-electron chi connectivity index (χ2n) is 5.08. The van der Waals surface area contributed by atoms with Gasteiger partial charge in [-0.3, -0.25) is 0 Å². The van der Waals surface area contributed by atoms with Crippen molar-refractivity contribution in [2.75, 3.05) is 6.61 Å². The topological polar surface area (TPSA) is 79.3 Å². The average Bonchev–Trinajstić information content (AvgIpc) is 3.21. The Balaban J connectivity index is 1.56. The van der Waals surface area contributed by atoms with E-state index in [1.165, 1.54) is 0 Å². The summed E-state index contributed by atoms with van der Waals surface area (Å²) < 4.78 is 10.4. The van der Waals surface area contributed by atoms with Crippen LogP contribution in [0.25, 0.3) is 0 Å². The van der Waals surface area contributed by atoms with Crippen LogP contribution in [0.1, 0.15) is 16.8 Å². The van der Waals surface area contributed by atoms with Gasteiger partial charge in [-0.2, -0.15) is 0 Å². The summed E-state index contributed by atoms with van der Waals surface area (Å²) in [4.78, 5) is 11.8. The molecule has 2 aliphatic rings. The first-order valence-corrected chi connectivity index (χ1v) is 6.40. The second kappa shape index (κ2) is 4.92. The summed E-state index contributed by atoms with van der Waals surface area (Å²) in [5.74, 6) is -0.687. The first kappa shape index (κ1) is 12.6. The molecular weight excluding hydrogens is 248 g/mol. The highest BCUT2D eigenvalue weighted by atomic mass is 16.6. The summed E-state index contributed by atoms with van der Waals surface area (Å²) in [6.07, 6.45) is -1.40. The van der Waals surface area contributed by atoms with Crippen molar-refractivity contribution < 1.29 is 24.5 Å². The average molecular weight is 264 g/mol. The zero-order chi connectivity index (χ0) is 13.4. The molecule has 2 N–H and O–H groups in total. The molecule has 1 aliphatic carbocycles. The number of benzene rings is 1. The van der Waals surface area contributed by atoms with Gasteiger partial charge in [-0.25, -0.2) is 4.79 Å². The van der Waals surface area contributed by atoms with Crippen LogP contribution in [0.5, 0.6) is 0 Å². The number of esters is 1. The van der Waals surface area contributed by atoms with Gasteiger partial charge in [-0.15, -0.1) is 0 Å². The summed E-state index contributed by atoms with van der Waals surface area (Å²) in [5, 5.41) is 19.6. The molecule has 0 unspecified atom stereocenters. The van der Waals surface area contributed by atoms with E-state index in [1.54, 1.807) is 24.3 Å². The van der Waals surface area contributed by atoms with E-state index < -0.39 is 18.2 Å². The van der Waals surface area contributed by atoms with E-state index in [0.29, 0.717) is 12.0 Å². The second-order valence-corrected chi connectivity index (χ2v) is 5.08. The Labute approximate surface area is 110 Å². The van der Waals surface area contributed by atoms with E-state index in [1.807, 2.05) is 6.07 Å². The van der Waals surface area contributed by atoms with Gasteiger partial charge in [0.15, 0.2) is 0 Å². The van der Waals surface area contributed by atoms with Crippen molar-refractivity contribution >= 4 is 5.97 Å². The van der Waals surface area contributed by atoms with Crippen LogP contribution in [-0.2, 0) is 9.47 Å². The molecule has 1 saturated carbocycles. The Hall–Kier alpha value is -1.43. The third-order valence-electron chi connectivity index (χ3n) is 3.76. The molecule has 0 radical (unpaired) electrons. The maximum Gasteiger partial charge on any atom is 0.338 e. The zero-order valence-corrected chi connectivity index (χ0v) is 10.3. The Bertz CT molecular complexity index is 460. The molecule has 5 nitrogen and oxygen atoms in total. The normalized spacial score (nSPS) is 36.4. The number of aliphatic hydroxyl groups excluding tert-OH is 2. The Kier molecular flexibility index (Phi) is 3.26. The number of aliphatic hydroxyl groups is 2. The minimum atomic E-state index is -0.896. The number of ether oxygens (including phenoxy) is 2. The fourth-order valence-corrected chi connectivity index (χ4v) is 2.56. The molecule has 2 fully saturated rings. The molecule has 1 saturated heterocycles. The lowest BCUT2D eigenvalue weighted by Gasteiger charge is -2.28. The number of hydrogen-bond donors (Lipinski definition) is 2. The molecule has 0 spiro atoms. The van der Waals surface area contributed by atoms with Crippen LogP contribution in [0.2, 0.25) is 0 Å². The van der Waals surface area contributed by atoms with Gasteiger partial charge in [0.2, 0.25) is 0 Å². The highest BCUT2D eigenvalue weighted by Gasteiger charge is 2.54. The fraction of sp³-hybridized carbons (Fsp3) is 0.500. The molecule has 1 aromatic carbocycles. The maximum absolute atomic E-state index is 11.8. The summed E-state index contributed by atoms with van der Waals surface area (Å²) in [6, 6.07) is 8.70. The third-order valence-corrected chi connectivity index (χ3v) is 3.76. The molecule has 5 heteroatoms. The molecular formula is C14H16O5. The van der Waals surface area contributed by atoms with Crippen molar-refractivity contribution in [2.24, 2.45) is 5.92 Å². The number of carbonyl (C=O) groups is 1. The minimum Gasteiger partial charge on any atom is -0.462 e. The standard InChI is InChI=1S/C14H16O5/c15-11-9(6-10-13(19-10)12(11)16)7-18-14(17)8-4-2-1-3-5-8/h1-5,9-13,15-16H,6-7H2/t9-,10-,11-,12+,13-/m1/s1. The summed E-state index contributed by atoms with van der Waals surface area (Å²) in [7, 11) is 0. The monoisotopic (exact) mass is 264 g/mol. The van der Waals surface area contributed by atoms with Gasteiger partial charge in [-0.1, -0.05) is 18.2 Å². The van der Waals surface area contributed by atoms with E-state index in [4.69, 9.17) is 9.47 Å². The quantitative estimate of drug-likeness (QED) is 0.608. The first-order chi connectivity index (χ1) is 9.16. The number of fused-ring (bicyclic) bond motifs is 1. The number of rotatable bonds is 3. The molecule has 19 heavy (non-hydrogen) atoms. The molecule has 1 heterocycles.